The molecule has 14 heavy (non-hydrogen) atoms. The smallest absolute Gasteiger partial charge is 0.411 e. The van der Waals surface area contributed by atoms with Gasteiger partial charge in [-0.25, -0.2) is 4.79 Å². The maximum Gasteiger partial charge on any atom is 0.411 e. The average Bonchev–Trinajstić information content (AvgIpc) is 2.01. The number of ether oxygens (including phenoxy) is 1. The van der Waals surface area contributed by atoms with E-state index in [0.717, 1.165) is 25.8 Å². The van der Waals surface area contributed by atoms with E-state index in [9.17, 15) is 4.79 Å². The first-order chi connectivity index (χ1) is 6.40. The molecular formula is C10H20N2O2. The number of amides is 1. The summed E-state index contributed by atoms with van der Waals surface area (Å²) < 4.78 is 5.25. The van der Waals surface area contributed by atoms with Crippen molar-refractivity contribution < 1.29 is 9.53 Å². The molecule has 1 saturated heterocycles. The Labute approximate surface area is 85.4 Å². The fourth-order valence-electron chi connectivity index (χ4n) is 1.50. The van der Waals surface area contributed by atoms with Crippen LogP contribution >= 0.6 is 0 Å². The summed E-state index contributed by atoms with van der Waals surface area (Å²) in [4.78, 5) is 13.3. The molecule has 1 fully saturated rings. The van der Waals surface area contributed by atoms with Crippen LogP contribution in [0, 0.1) is 0 Å². The Bertz CT molecular complexity index is 211. The lowest BCUT2D eigenvalue weighted by Crippen LogP contribution is -2.50. The van der Waals surface area contributed by atoms with E-state index in [0.29, 0.717) is 0 Å². The first kappa shape index (κ1) is 11.3. The fourth-order valence-corrected chi connectivity index (χ4v) is 1.50. The molecule has 0 spiro atoms. The molecular weight excluding hydrogens is 180 g/mol. The molecule has 0 aliphatic carbocycles. The van der Waals surface area contributed by atoms with Gasteiger partial charge in [-0.1, -0.05) is 0 Å². The van der Waals surface area contributed by atoms with Gasteiger partial charge in [0.25, 0.3) is 0 Å². The van der Waals surface area contributed by atoms with Crippen LogP contribution in [0.1, 0.15) is 40.0 Å². The van der Waals surface area contributed by atoms with Crippen molar-refractivity contribution in [1.82, 2.24) is 4.90 Å². The van der Waals surface area contributed by atoms with Crippen LogP contribution in [0.4, 0.5) is 4.79 Å². The van der Waals surface area contributed by atoms with Gasteiger partial charge in [-0.15, -0.1) is 0 Å². The summed E-state index contributed by atoms with van der Waals surface area (Å²) in [6.45, 7) is 6.30. The van der Waals surface area contributed by atoms with Crippen molar-refractivity contribution in [2.75, 3.05) is 6.54 Å². The first-order valence-corrected chi connectivity index (χ1v) is 5.15. The van der Waals surface area contributed by atoms with E-state index in [1.54, 1.807) is 4.90 Å². The molecule has 1 atom stereocenters. The molecule has 2 N–H and O–H groups in total. The van der Waals surface area contributed by atoms with Crippen molar-refractivity contribution in [2.45, 2.75) is 51.8 Å². The maximum absolute atomic E-state index is 11.6. The van der Waals surface area contributed by atoms with Crippen LogP contribution in [0.2, 0.25) is 0 Å². The molecule has 4 nitrogen and oxygen atoms in total. The number of hydrogen-bond acceptors (Lipinski definition) is 3. The molecule has 0 aromatic rings. The lowest BCUT2D eigenvalue weighted by Gasteiger charge is -2.34. The number of likely N-dealkylation sites (tertiary alicyclic amines) is 1. The average molecular weight is 200 g/mol. The van der Waals surface area contributed by atoms with Gasteiger partial charge in [0.15, 0.2) is 0 Å². The van der Waals surface area contributed by atoms with Gasteiger partial charge in [0.1, 0.15) is 5.60 Å². The van der Waals surface area contributed by atoms with Gasteiger partial charge in [-0.3, -0.25) is 4.90 Å². The van der Waals surface area contributed by atoms with Gasteiger partial charge in [-0.2, -0.15) is 0 Å². The third kappa shape index (κ3) is 3.18. The zero-order valence-corrected chi connectivity index (χ0v) is 9.25. The monoisotopic (exact) mass is 200 g/mol. The highest BCUT2D eigenvalue weighted by atomic mass is 16.6. The van der Waals surface area contributed by atoms with E-state index in [1.807, 2.05) is 20.8 Å². The number of carbonyl (C=O) groups is 1. The van der Waals surface area contributed by atoms with E-state index in [4.69, 9.17) is 10.5 Å². The van der Waals surface area contributed by atoms with Crippen molar-refractivity contribution in [3.63, 3.8) is 0 Å². The summed E-state index contributed by atoms with van der Waals surface area (Å²) in [6.07, 6.45) is 2.54. The second-order valence-corrected chi connectivity index (χ2v) is 4.74. The SMILES string of the molecule is CC(C)(C)OC(=O)N1CCCC[C@@H]1N. The zero-order chi connectivity index (χ0) is 10.8. The van der Waals surface area contributed by atoms with Gasteiger partial charge < -0.3 is 10.5 Å². The van der Waals surface area contributed by atoms with Crippen LogP contribution in [-0.2, 0) is 4.74 Å². The van der Waals surface area contributed by atoms with Crippen molar-refractivity contribution in [3.8, 4) is 0 Å². The number of hydrogen-bond donors (Lipinski definition) is 1. The van der Waals surface area contributed by atoms with Crippen molar-refractivity contribution in [1.29, 1.82) is 0 Å². The number of carbonyl (C=O) groups excluding carboxylic acids is 1. The summed E-state index contributed by atoms with van der Waals surface area (Å²) in [6, 6.07) is 0. The second kappa shape index (κ2) is 4.17. The number of rotatable bonds is 0. The van der Waals surface area contributed by atoms with Gasteiger partial charge in [0, 0.05) is 6.54 Å². The molecule has 1 aliphatic heterocycles. The van der Waals surface area contributed by atoms with Gasteiger partial charge in [0.05, 0.1) is 6.17 Å². The minimum atomic E-state index is -0.436. The van der Waals surface area contributed by atoms with E-state index in [2.05, 4.69) is 0 Å². The van der Waals surface area contributed by atoms with Crippen molar-refractivity contribution in [2.24, 2.45) is 5.73 Å². The van der Waals surface area contributed by atoms with Crippen LogP contribution in [0.3, 0.4) is 0 Å². The highest BCUT2D eigenvalue weighted by molar-refractivity contribution is 5.68. The van der Waals surface area contributed by atoms with E-state index >= 15 is 0 Å². The van der Waals surface area contributed by atoms with Crippen LogP contribution < -0.4 is 5.73 Å². The normalized spacial score (nSPS) is 23.4. The lowest BCUT2D eigenvalue weighted by molar-refractivity contribution is 0.0107. The van der Waals surface area contributed by atoms with Gasteiger partial charge in [0.2, 0.25) is 0 Å². The predicted molar refractivity (Wildman–Crippen MR) is 54.8 cm³/mol. The minimum Gasteiger partial charge on any atom is -0.444 e. The molecule has 0 saturated carbocycles. The molecule has 4 heteroatoms. The third-order valence-electron chi connectivity index (χ3n) is 2.18. The Hall–Kier alpha value is -0.770. The van der Waals surface area contributed by atoms with Crippen LogP contribution in [0.15, 0.2) is 0 Å². The first-order valence-electron chi connectivity index (χ1n) is 5.15. The molecule has 1 heterocycles. The molecule has 1 rings (SSSR count). The highest BCUT2D eigenvalue weighted by Crippen LogP contribution is 2.17. The third-order valence-corrected chi connectivity index (χ3v) is 2.18. The van der Waals surface area contributed by atoms with E-state index < -0.39 is 5.60 Å². The Kier molecular flexibility index (Phi) is 3.37. The van der Waals surface area contributed by atoms with Crippen molar-refractivity contribution >= 4 is 6.09 Å². The Balaban J connectivity index is 2.50. The summed E-state index contributed by atoms with van der Waals surface area (Å²) in [5.74, 6) is 0. The highest BCUT2D eigenvalue weighted by Gasteiger charge is 2.27. The quantitative estimate of drug-likeness (QED) is 0.647. The molecule has 0 bridgehead atoms. The molecule has 1 amide bonds. The summed E-state index contributed by atoms with van der Waals surface area (Å²) in [7, 11) is 0. The van der Waals surface area contributed by atoms with Crippen LogP contribution in [0.25, 0.3) is 0 Å². The number of nitrogens with two attached hydrogens (primary N) is 1. The Morgan fingerprint density at radius 2 is 2.07 bits per heavy atom. The second-order valence-electron chi connectivity index (χ2n) is 4.74. The molecule has 1 aliphatic rings. The Morgan fingerprint density at radius 3 is 2.57 bits per heavy atom. The Morgan fingerprint density at radius 1 is 1.43 bits per heavy atom. The minimum absolute atomic E-state index is 0.168. The predicted octanol–water partition coefficient (Wildman–Crippen LogP) is 1.69. The van der Waals surface area contributed by atoms with Gasteiger partial charge >= 0.3 is 6.09 Å². The van der Waals surface area contributed by atoms with Crippen LogP contribution in [0.5, 0.6) is 0 Å². The lowest BCUT2D eigenvalue weighted by atomic mass is 10.1. The van der Waals surface area contributed by atoms with E-state index in [-0.39, 0.29) is 12.3 Å². The van der Waals surface area contributed by atoms with E-state index in [1.165, 1.54) is 0 Å². The summed E-state index contributed by atoms with van der Waals surface area (Å²) >= 11 is 0. The van der Waals surface area contributed by atoms with Crippen molar-refractivity contribution in [3.05, 3.63) is 0 Å². The molecule has 82 valence electrons. The largest absolute Gasteiger partial charge is 0.444 e. The fraction of sp³-hybridized carbons (Fsp3) is 0.900. The standard InChI is InChI=1S/C10H20N2O2/c1-10(2,3)14-9(13)12-7-5-4-6-8(12)11/h8H,4-7,11H2,1-3H3/t8-/m1/s1. The molecule has 0 radical (unpaired) electrons. The summed E-state index contributed by atoms with van der Waals surface area (Å²) in [5, 5.41) is 0. The number of nitrogens with zero attached hydrogens (tertiary/aromatic N) is 1. The zero-order valence-electron chi connectivity index (χ0n) is 9.25. The molecule has 0 aromatic carbocycles. The topological polar surface area (TPSA) is 55.6 Å². The van der Waals surface area contributed by atoms with Gasteiger partial charge in [-0.05, 0) is 40.0 Å². The molecule has 0 unspecified atom stereocenters. The maximum atomic E-state index is 11.6. The molecule has 0 aromatic heterocycles. The summed E-state index contributed by atoms with van der Waals surface area (Å²) in [5.41, 5.74) is 5.39. The van der Waals surface area contributed by atoms with Crippen LogP contribution in [-0.4, -0.2) is 29.3 Å². The number of piperidine rings is 1.